The van der Waals surface area contributed by atoms with Crippen LogP contribution in [0.25, 0.3) is 5.57 Å². The van der Waals surface area contributed by atoms with E-state index in [9.17, 15) is 22.4 Å². The molecule has 8 heteroatoms. The Bertz CT molecular complexity index is 883. The molecule has 1 amide bonds. The lowest BCUT2D eigenvalue weighted by molar-refractivity contribution is -0.140. The van der Waals surface area contributed by atoms with Crippen molar-refractivity contribution in [1.82, 2.24) is 10.2 Å². The molecule has 0 bridgehead atoms. The highest BCUT2D eigenvalue weighted by Gasteiger charge is 2.35. The smallest absolute Gasteiger partial charge is 0.353 e. The molecule has 1 N–H and O–H groups in total. The van der Waals surface area contributed by atoms with Crippen LogP contribution >= 0.6 is 0 Å². The molecule has 4 nitrogen and oxygen atoms in total. The lowest BCUT2D eigenvalue weighted by Crippen LogP contribution is -2.38. The summed E-state index contributed by atoms with van der Waals surface area (Å²) < 4.78 is 53.4. The van der Waals surface area contributed by atoms with Gasteiger partial charge in [0.1, 0.15) is 5.82 Å². The number of nitrogens with zero attached hydrogens (tertiary/aromatic N) is 2. The van der Waals surface area contributed by atoms with Crippen LogP contribution in [0.15, 0.2) is 24.3 Å². The number of halogens is 4. The van der Waals surface area contributed by atoms with E-state index in [1.807, 2.05) is 12.1 Å². The first-order chi connectivity index (χ1) is 15.8. The Morgan fingerprint density at radius 1 is 1.21 bits per heavy atom. The average Bonchev–Trinajstić information content (AvgIpc) is 2.79. The Hall–Kier alpha value is -2.40. The molecule has 180 valence electrons. The number of unbranched alkanes of at least 4 members (excludes halogenated alkanes) is 1. The van der Waals surface area contributed by atoms with Crippen LogP contribution in [-0.2, 0) is 11.0 Å². The third-order valence-electron chi connectivity index (χ3n) is 6.70. The van der Waals surface area contributed by atoms with Gasteiger partial charge in [0, 0.05) is 37.5 Å². The summed E-state index contributed by atoms with van der Waals surface area (Å²) in [4.78, 5) is 14.2. The first kappa shape index (κ1) is 25.2. The first-order valence-corrected chi connectivity index (χ1v) is 11.7. The number of carbonyl (C=O) groups excluding carboxylic acids is 1. The Morgan fingerprint density at radius 2 is 1.97 bits per heavy atom. The molecule has 1 fully saturated rings. The number of hydrogen-bond donors (Lipinski definition) is 1. The number of benzene rings is 1. The summed E-state index contributed by atoms with van der Waals surface area (Å²) in [5, 5.41) is 11.6. The number of carbonyl (C=O) groups is 1. The Kier molecular flexibility index (Phi) is 8.90. The summed E-state index contributed by atoms with van der Waals surface area (Å²) in [6, 6.07) is 5.74. The molecule has 0 saturated heterocycles. The number of nitrogens with one attached hydrogen (secondary N) is 1. The fraction of sp³-hybridized carbons (Fsp3) is 0.600. The highest BCUT2D eigenvalue weighted by molar-refractivity contribution is 5.76. The fourth-order valence-corrected chi connectivity index (χ4v) is 4.75. The van der Waals surface area contributed by atoms with E-state index >= 15 is 0 Å². The lowest BCUT2D eigenvalue weighted by Gasteiger charge is -2.32. The predicted octanol–water partition coefficient (Wildman–Crippen LogP) is 5.69. The SMILES string of the molecule is N#CCCCC(=O)N[C@H]1CC[C@H](CCN2CC=C(c3cccc(C(F)(F)F)c3F)CC2)CC1. The van der Waals surface area contributed by atoms with Crippen molar-refractivity contribution >= 4 is 11.5 Å². The van der Waals surface area contributed by atoms with E-state index in [0.29, 0.717) is 50.3 Å². The third kappa shape index (κ3) is 7.29. The van der Waals surface area contributed by atoms with Gasteiger partial charge in [-0.05, 0) is 69.0 Å². The Morgan fingerprint density at radius 3 is 2.61 bits per heavy atom. The summed E-state index contributed by atoms with van der Waals surface area (Å²) in [5.41, 5.74) is -0.518. The number of hydrogen-bond acceptors (Lipinski definition) is 3. The van der Waals surface area contributed by atoms with Gasteiger partial charge in [0.25, 0.3) is 0 Å². The van der Waals surface area contributed by atoms with E-state index in [-0.39, 0.29) is 17.5 Å². The van der Waals surface area contributed by atoms with Crippen LogP contribution in [-0.4, -0.2) is 36.5 Å². The minimum absolute atomic E-state index is 0.0295. The van der Waals surface area contributed by atoms with Crippen LogP contribution in [0, 0.1) is 23.1 Å². The molecule has 3 rings (SSSR count). The molecule has 1 aromatic rings. The second kappa shape index (κ2) is 11.6. The zero-order chi connectivity index (χ0) is 23.8. The van der Waals surface area contributed by atoms with Crippen LogP contribution in [0.3, 0.4) is 0 Å². The maximum Gasteiger partial charge on any atom is 0.419 e. The van der Waals surface area contributed by atoms with Gasteiger partial charge in [0.2, 0.25) is 5.91 Å². The van der Waals surface area contributed by atoms with Crippen molar-refractivity contribution in [2.45, 2.75) is 70.0 Å². The van der Waals surface area contributed by atoms with Crippen LogP contribution in [0.5, 0.6) is 0 Å². The zero-order valence-corrected chi connectivity index (χ0v) is 18.8. The molecule has 0 unspecified atom stereocenters. The van der Waals surface area contributed by atoms with Gasteiger partial charge < -0.3 is 5.32 Å². The van der Waals surface area contributed by atoms with Crippen molar-refractivity contribution in [3.63, 3.8) is 0 Å². The molecule has 0 aromatic heterocycles. The highest BCUT2D eigenvalue weighted by Crippen LogP contribution is 2.35. The molecule has 1 saturated carbocycles. The third-order valence-corrected chi connectivity index (χ3v) is 6.70. The minimum Gasteiger partial charge on any atom is -0.353 e. The normalized spacial score (nSPS) is 21.8. The topological polar surface area (TPSA) is 56.1 Å². The largest absolute Gasteiger partial charge is 0.419 e. The molecular weight excluding hydrogens is 434 g/mol. The van der Waals surface area contributed by atoms with Gasteiger partial charge in [-0.25, -0.2) is 4.39 Å². The zero-order valence-electron chi connectivity index (χ0n) is 18.8. The number of rotatable bonds is 8. The van der Waals surface area contributed by atoms with Crippen LogP contribution in [0.1, 0.15) is 68.9 Å². The van der Waals surface area contributed by atoms with Crippen molar-refractivity contribution in [3.05, 3.63) is 41.2 Å². The molecule has 1 aromatic carbocycles. The molecule has 33 heavy (non-hydrogen) atoms. The minimum atomic E-state index is -4.69. The summed E-state index contributed by atoms with van der Waals surface area (Å²) in [5.74, 6) is -0.552. The maximum absolute atomic E-state index is 14.4. The van der Waals surface area contributed by atoms with E-state index < -0.39 is 17.6 Å². The summed E-state index contributed by atoms with van der Waals surface area (Å²) in [7, 11) is 0. The number of alkyl halides is 3. The maximum atomic E-state index is 14.4. The van der Waals surface area contributed by atoms with E-state index in [1.54, 1.807) is 0 Å². The Labute approximate surface area is 192 Å². The monoisotopic (exact) mass is 465 g/mol. The van der Waals surface area contributed by atoms with Crippen molar-refractivity contribution in [2.75, 3.05) is 19.6 Å². The Balaban J connectivity index is 1.41. The van der Waals surface area contributed by atoms with Gasteiger partial charge in [-0.15, -0.1) is 0 Å². The van der Waals surface area contributed by atoms with Gasteiger partial charge in [-0.3, -0.25) is 9.69 Å². The first-order valence-electron chi connectivity index (χ1n) is 11.7. The molecule has 1 aliphatic carbocycles. The van der Waals surface area contributed by atoms with E-state index in [0.717, 1.165) is 44.7 Å². The number of amides is 1. The van der Waals surface area contributed by atoms with Crippen LogP contribution in [0.2, 0.25) is 0 Å². The molecule has 0 spiro atoms. The summed E-state index contributed by atoms with van der Waals surface area (Å²) >= 11 is 0. The van der Waals surface area contributed by atoms with Crippen molar-refractivity contribution in [3.8, 4) is 6.07 Å². The average molecular weight is 466 g/mol. The lowest BCUT2D eigenvalue weighted by atomic mass is 9.84. The fourth-order valence-electron chi connectivity index (χ4n) is 4.75. The molecule has 0 atom stereocenters. The summed E-state index contributed by atoms with van der Waals surface area (Å²) in [6.07, 6.45) is 4.20. The molecule has 1 aliphatic heterocycles. The predicted molar refractivity (Wildman–Crippen MR) is 118 cm³/mol. The van der Waals surface area contributed by atoms with E-state index in [2.05, 4.69) is 10.2 Å². The van der Waals surface area contributed by atoms with Crippen molar-refractivity contribution in [2.24, 2.45) is 5.92 Å². The van der Waals surface area contributed by atoms with Gasteiger partial charge in [-0.1, -0.05) is 18.2 Å². The second-order valence-electron chi connectivity index (χ2n) is 9.03. The highest BCUT2D eigenvalue weighted by atomic mass is 19.4. The molecule has 1 heterocycles. The van der Waals surface area contributed by atoms with Gasteiger partial charge in [0.15, 0.2) is 0 Å². The molecule has 0 radical (unpaired) electrons. The van der Waals surface area contributed by atoms with Gasteiger partial charge in [-0.2, -0.15) is 18.4 Å². The molecule has 2 aliphatic rings. The van der Waals surface area contributed by atoms with E-state index in [4.69, 9.17) is 5.26 Å². The summed E-state index contributed by atoms with van der Waals surface area (Å²) in [6.45, 7) is 2.22. The van der Waals surface area contributed by atoms with Crippen molar-refractivity contribution in [1.29, 1.82) is 5.26 Å². The van der Waals surface area contributed by atoms with Gasteiger partial charge in [0.05, 0.1) is 11.6 Å². The molecular formula is C25H31F4N3O. The van der Waals surface area contributed by atoms with Gasteiger partial charge >= 0.3 is 6.18 Å². The quantitative estimate of drug-likeness (QED) is 0.396. The number of nitriles is 1. The standard InChI is InChI=1S/C25H31F4N3O/c26-24-21(4-3-5-22(24)25(27,28)29)19-12-16-32(17-13-19)15-11-18-7-9-20(10-8-18)31-23(33)6-1-2-14-30/h3-5,12,18,20H,1-2,6-11,13,15-17H2,(H,31,33)/t18-,20-. The van der Waals surface area contributed by atoms with Crippen molar-refractivity contribution < 1.29 is 22.4 Å². The second-order valence-corrected chi connectivity index (χ2v) is 9.03. The van der Waals surface area contributed by atoms with E-state index in [1.165, 1.54) is 12.1 Å². The van der Waals surface area contributed by atoms with Crippen LogP contribution in [0.4, 0.5) is 17.6 Å². The van der Waals surface area contributed by atoms with Crippen LogP contribution < -0.4 is 5.32 Å².